The van der Waals surface area contributed by atoms with E-state index in [-0.39, 0.29) is 13.2 Å². The second-order valence-corrected chi connectivity index (χ2v) is 5.89. The molecule has 1 N–H and O–H groups in total. The maximum absolute atomic E-state index is 8.79. The summed E-state index contributed by atoms with van der Waals surface area (Å²) in [5.41, 5.74) is 0.479. The van der Waals surface area contributed by atoms with Crippen molar-refractivity contribution in [3.05, 3.63) is 12.4 Å². The van der Waals surface area contributed by atoms with Crippen LogP contribution in [0.15, 0.2) is 12.4 Å². The van der Waals surface area contributed by atoms with Gasteiger partial charge in [-0.15, -0.1) is 0 Å². The van der Waals surface area contributed by atoms with E-state index >= 15 is 0 Å². The number of hydrogen-bond acceptors (Lipinski definition) is 6. The normalized spacial score (nSPS) is 21.5. The molecule has 3 heterocycles. The van der Waals surface area contributed by atoms with Gasteiger partial charge in [-0.1, -0.05) is 0 Å². The SMILES string of the molecule is OCCOc1cncc(N2CCC3(CCOCC3)CC2)n1. The van der Waals surface area contributed by atoms with E-state index < -0.39 is 0 Å². The maximum atomic E-state index is 8.79. The van der Waals surface area contributed by atoms with E-state index in [1.807, 2.05) is 0 Å². The lowest BCUT2D eigenvalue weighted by molar-refractivity contribution is 0.00204. The van der Waals surface area contributed by atoms with Gasteiger partial charge in [0.2, 0.25) is 5.88 Å². The van der Waals surface area contributed by atoms with Crippen molar-refractivity contribution >= 4 is 5.82 Å². The molecular formula is C15H23N3O3. The Labute approximate surface area is 125 Å². The third-order valence-corrected chi connectivity index (χ3v) is 4.64. The number of ether oxygens (including phenoxy) is 2. The molecule has 0 radical (unpaired) electrons. The number of rotatable bonds is 4. The van der Waals surface area contributed by atoms with E-state index in [0.29, 0.717) is 11.3 Å². The minimum Gasteiger partial charge on any atom is -0.474 e. The quantitative estimate of drug-likeness (QED) is 0.901. The summed E-state index contributed by atoms with van der Waals surface area (Å²) in [6, 6.07) is 0. The smallest absolute Gasteiger partial charge is 0.234 e. The van der Waals surface area contributed by atoms with Crippen LogP contribution in [0.4, 0.5) is 5.82 Å². The predicted octanol–water partition coefficient (Wildman–Crippen LogP) is 1.24. The number of aliphatic hydroxyl groups is 1. The Hall–Kier alpha value is -1.40. The maximum Gasteiger partial charge on any atom is 0.234 e. The number of aromatic nitrogens is 2. The van der Waals surface area contributed by atoms with Gasteiger partial charge in [-0.2, -0.15) is 4.98 Å². The van der Waals surface area contributed by atoms with Gasteiger partial charge in [-0.3, -0.25) is 4.98 Å². The van der Waals surface area contributed by atoms with Crippen molar-refractivity contribution < 1.29 is 14.6 Å². The number of anilines is 1. The first-order valence-electron chi connectivity index (χ1n) is 7.70. The first kappa shape index (κ1) is 14.5. The van der Waals surface area contributed by atoms with Crippen molar-refractivity contribution in [1.82, 2.24) is 9.97 Å². The van der Waals surface area contributed by atoms with Gasteiger partial charge >= 0.3 is 0 Å². The Morgan fingerprint density at radius 2 is 1.95 bits per heavy atom. The molecule has 0 atom stereocenters. The third-order valence-electron chi connectivity index (χ3n) is 4.64. The molecule has 2 saturated heterocycles. The first-order chi connectivity index (χ1) is 10.3. The van der Waals surface area contributed by atoms with E-state index in [2.05, 4.69) is 14.9 Å². The van der Waals surface area contributed by atoms with Gasteiger partial charge in [0.05, 0.1) is 19.0 Å². The average Bonchev–Trinajstić information content (AvgIpc) is 2.55. The van der Waals surface area contributed by atoms with Crippen molar-refractivity contribution in [3.8, 4) is 5.88 Å². The molecule has 0 bridgehead atoms. The van der Waals surface area contributed by atoms with Crippen LogP contribution in [0.2, 0.25) is 0 Å². The van der Waals surface area contributed by atoms with Crippen LogP contribution < -0.4 is 9.64 Å². The Morgan fingerprint density at radius 3 is 2.67 bits per heavy atom. The van der Waals surface area contributed by atoms with Gasteiger partial charge in [0.1, 0.15) is 6.61 Å². The Morgan fingerprint density at radius 1 is 1.19 bits per heavy atom. The monoisotopic (exact) mass is 293 g/mol. The lowest BCUT2D eigenvalue weighted by Crippen LogP contribution is -2.43. The molecule has 6 nitrogen and oxygen atoms in total. The molecule has 0 aliphatic carbocycles. The van der Waals surface area contributed by atoms with E-state index in [9.17, 15) is 0 Å². The number of nitrogens with zero attached hydrogens (tertiary/aromatic N) is 3. The molecule has 0 unspecified atom stereocenters. The molecule has 2 aliphatic rings. The van der Waals surface area contributed by atoms with Crippen LogP contribution in [-0.2, 0) is 4.74 Å². The van der Waals surface area contributed by atoms with Crippen molar-refractivity contribution in [1.29, 1.82) is 0 Å². The fourth-order valence-corrected chi connectivity index (χ4v) is 3.23. The second-order valence-electron chi connectivity index (χ2n) is 5.89. The zero-order valence-corrected chi connectivity index (χ0v) is 12.3. The van der Waals surface area contributed by atoms with Gasteiger partial charge in [0.25, 0.3) is 0 Å². The highest BCUT2D eigenvalue weighted by molar-refractivity contribution is 5.38. The summed E-state index contributed by atoms with van der Waals surface area (Å²) in [5.74, 6) is 1.35. The molecule has 2 fully saturated rings. The van der Waals surface area contributed by atoms with Gasteiger partial charge in [0.15, 0.2) is 5.82 Å². The Balaban J connectivity index is 1.61. The van der Waals surface area contributed by atoms with E-state index in [1.165, 1.54) is 25.7 Å². The van der Waals surface area contributed by atoms with Crippen LogP contribution in [-0.4, -0.2) is 54.6 Å². The van der Waals surface area contributed by atoms with Crippen LogP contribution in [0.3, 0.4) is 0 Å². The summed E-state index contributed by atoms with van der Waals surface area (Å²) in [6.45, 7) is 4.08. The number of hydrogen-bond donors (Lipinski definition) is 1. The fraction of sp³-hybridized carbons (Fsp3) is 0.733. The lowest BCUT2D eigenvalue weighted by atomic mass is 9.72. The number of piperidine rings is 1. The molecule has 116 valence electrons. The third kappa shape index (κ3) is 3.44. The predicted molar refractivity (Wildman–Crippen MR) is 78.5 cm³/mol. The number of aliphatic hydroxyl groups excluding tert-OH is 1. The summed E-state index contributed by atoms with van der Waals surface area (Å²) < 4.78 is 10.8. The molecule has 1 aromatic rings. The Bertz CT molecular complexity index is 453. The van der Waals surface area contributed by atoms with Gasteiger partial charge < -0.3 is 19.5 Å². The summed E-state index contributed by atoms with van der Waals surface area (Å²) in [6.07, 6.45) is 8.13. The molecule has 0 saturated carbocycles. The van der Waals surface area contributed by atoms with Crippen LogP contribution in [0.25, 0.3) is 0 Å². The summed E-state index contributed by atoms with van der Waals surface area (Å²) >= 11 is 0. The van der Waals surface area contributed by atoms with Crippen molar-refractivity contribution in [3.63, 3.8) is 0 Å². The largest absolute Gasteiger partial charge is 0.474 e. The van der Waals surface area contributed by atoms with Crippen LogP contribution in [0.1, 0.15) is 25.7 Å². The molecular weight excluding hydrogens is 270 g/mol. The standard InChI is InChI=1S/C15H23N3O3/c19-7-10-21-14-12-16-11-13(17-14)18-5-1-15(2-6-18)3-8-20-9-4-15/h11-12,19H,1-10H2. The first-order valence-corrected chi connectivity index (χ1v) is 7.70. The van der Waals surface area contributed by atoms with Crippen LogP contribution in [0, 0.1) is 5.41 Å². The van der Waals surface area contributed by atoms with Crippen LogP contribution in [0.5, 0.6) is 5.88 Å². The van der Waals surface area contributed by atoms with Crippen molar-refractivity contribution in [2.45, 2.75) is 25.7 Å². The molecule has 21 heavy (non-hydrogen) atoms. The van der Waals surface area contributed by atoms with E-state index in [4.69, 9.17) is 14.6 Å². The molecule has 1 aromatic heterocycles. The highest BCUT2D eigenvalue weighted by Gasteiger charge is 2.36. The topological polar surface area (TPSA) is 67.7 Å². The van der Waals surface area contributed by atoms with Crippen molar-refractivity contribution in [2.75, 3.05) is 44.4 Å². The van der Waals surface area contributed by atoms with Crippen molar-refractivity contribution in [2.24, 2.45) is 5.41 Å². The van der Waals surface area contributed by atoms with Gasteiger partial charge in [-0.25, -0.2) is 0 Å². The lowest BCUT2D eigenvalue weighted by Gasteiger charge is -2.44. The molecule has 6 heteroatoms. The van der Waals surface area contributed by atoms with Gasteiger partial charge in [0, 0.05) is 26.3 Å². The molecule has 2 aliphatic heterocycles. The molecule has 1 spiro atoms. The highest BCUT2D eigenvalue weighted by atomic mass is 16.5. The van der Waals surface area contributed by atoms with Gasteiger partial charge in [-0.05, 0) is 31.1 Å². The van der Waals surface area contributed by atoms with Crippen LogP contribution >= 0.6 is 0 Å². The minimum absolute atomic E-state index is 0.0137. The average molecular weight is 293 g/mol. The highest BCUT2D eigenvalue weighted by Crippen LogP contribution is 2.41. The minimum atomic E-state index is -0.0137. The zero-order chi connectivity index (χ0) is 14.5. The van der Waals surface area contributed by atoms with E-state index in [1.54, 1.807) is 12.4 Å². The fourth-order valence-electron chi connectivity index (χ4n) is 3.23. The molecule has 3 rings (SSSR count). The second kappa shape index (κ2) is 6.58. The molecule has 0 amide bonds. The zero-order valence-electron chi connectivity index (χ0n) is 12.3. The molecule has 0 aromatic carbocycles. The van der Waals surface area contributed by atoms with E-state index in [0.717, 1.165) is 32.1 Å². The Kier molecular flexibility index (Phi) is 4.55. The summed E-state index contributed by atoms with van der Waals surface area (Å²) in [7, 11) is 0. The summed E-state index contributed by atoms with van der Waals surface area (Å²) in [4.78, 5) is 10.9. The summed E-state index contributed by atoms with van der Waals surface area (Å²) in [5, 5.41) is 8.79.